The number of carbonyl (C=O) groups is 1. The molecule has 2 aliphatic rings. The van der Waals surface area contributed by atoms with Crippen molar-refractivity contribution in [1.29, 1.82) is 0 Å². The summed E-state index contributed by atoms with van der Waals surface area (Å²) >= 11 is 1.32. The molecule has 0 bridgehead atoms. The Kier molecular flexibility index (Phi) is 2.47. The molecule has 17 heavy (non-hydrogen) atoms. The van der Waals surface area contributed by atoms with Crippen LogP contribution in [-0.2, 0) is 0 Å². The second-order valence-corrected chi connectivity index (χ2v) is 5.59. The number of nitrogen functional groups attached to an aromatic ring is 1. The van der Waals surface area contributed by atoms with Crippen molar-refractivity contribution in [1.82, 2.24) is 9.69 Å². The molecule has 2 aliphatic carbocycles. The van der Waals surface area contributed by atoms with Gasteiger partial charge in [0.05, 0.1) is 0 Å². The van der Waals surface area contributed by atoms with Gasteiger partial charge in [0.15, 0.2) is 5.82 Å². The Labute approximate surface area is 104 Å². The fourth-order valence-corrected chi connectivity index (χ4v) is 2.70. The summed E-state index contributed by atoms with van der Waals surface area (Å²) in [5.74, 6) is 0.289. The summed E-state index contributed by atoms with van der Waals surface area (Å²) in [5.41, 5.74) is 6.37. The summed E-state index contributed by atoms with van der Waals surface area (Å²) in [5, 5.41) is 3.88. The molecule has 2 fully saturated rings. The van der Waals surface area contributed by atoms with E-state index < -0.39 is 0 Å². The maximum absolute atomic E-state index is 12.1. The Bertz CT molecular complexity index is 450. The van der Waals surface area contributed by atoms with E-state index in [0.29, 0.717) is 23.5 Å². The lowest BCUT2D eigenvalue weighted by molar-refractivity contribution is 0.0952. The second-order valence-electron chi connectivity index (χ2n) is 4.84. The minimum atomic E-state index is -0.0683. The van der Waals surface area contributed by atoms with Crippen molar-refractivity contribution in [3.05, 3.63) is 5.56 Å². The first-order valence-corrected chi connectivity index (χ1v) is 6.73. The average molecular weight is 252 g/mol. The quantitative estimate of drug-likeness (QED) is 0.845. The van der Waals surface area contributed by atoms with Crippen molar-refractivity contribution in [3.63, 3.8) is 0 Å². The van der Waals surface area contributed by atoms with Crippen LogP contribution in [0.5, 0.6) is 0 Å². The Hall–Kier alpha value is -1.30. The molecule has 2 saturated carbocycles. The van der Waals surface area contributed by atoms with E-state index in [1.807, 2.05) is 7.05 Å². The summed E-state index contributed by atoms with van der Waals surface area (Å²) < 4.78 is 4.11. The predicted octanol–water partition coefficient (Wildman–Crippen LogP) is 1.22. The highest BCUT2D eigenvalue weighted by molar-refractivity contribution is 7.11. The molecule has 0 spiro atoms. The van der Waals surface area contributed by atoms with E-state index in [4.69, 9.17) is 5.73 Å². The molecular weight excluding hydrogens is 236 g/mol. The van der Waals surface area contributed by atoms with Gasteiger partial charge in [-0.15, -0.1) is 0 Å². The van der Waals surface area contributed by atoms with Crippen LogP contribution in [0, 0.1) is 0 Å². The lowest BCUT2D eigenvalue weighted by Gasteiger charge is -2.17. The van der Waals surface area contributed by atoms with Crippen LogP contribution in [0.2, 0.25) is 0 Å². The van der Waals surface area contributed by atoms with E-state index in [9.17, 15) is 4.79 Å². The molecule has 6 heteroatoms. The maximum atomic E-state index is 12.1. The van der Waals surface area contributed by atoms with Crippen LogP contribution in [0.25, 0.3) is 0 Å². The van der Waals surface area contributed by atoms with E-state index >= 15 is 0 Å². The average Bonchev–Trinajstić information content (AvgIpc) is 3.16. The van der Waals surface area contributed by atoms with Gasteiger partial charge in [-0.1, -0.05) is 0 Å². The van der Waals surface area contributed by atoms with Crippen molar-refractivity contribution >= 4 is 28.3 Å². The molecule has 0 saturated heterocycles. The van der Waals surface area contributed by atoms with Crippen molar-refractivity contribution in [3.8, 4) is 0 Å². The van der Waals surface area contributed by atoms with Gasteiger partial charge < -0.3 is 16.0 Å². The van der Waals surface area contributed by atoms with Crippen LogP contribution in [0.1, 0.15) is 36.0 Å². The zero-order valence-electron chi connectivity index (χ0n) is 9.77. The molecule has 3 N–H and O–H groups in total. The highest BCUT2D eigenvalue weighted by atomic mass is 32.1. The summed E-state index contributed by atoms with van der Waals surface area (Å²) in [6, 6.07) is 0.906. The largest absolute Gasteiger partial charge is 0.382 e. The van der Waals surface area contributed by atoms with Crippen LogP contribution in [0.3, 0.4) is 0 Å². The zero-order valence-corrected chi connectivity index (χ0v) is 10.6. The van der Waals surface area contributed by atoms with Crippen molar-refractivity contribution in [2.75, 3.05) is 17.7 Å². The van der Waals surface area contributed by atoms with Crippen LogP contribution < -0.4 is 16.0 Å². The molecule has 0 radical (unpaired) electrons. The van der Waals surface area contributed by atoms with E-state index in [1.54, 1.807) is 0 Å². The number of carbonyl (C=O) groups excluding carboxylic acids is 1. The molecule has 1 heterocycles. The normalized spacial score (nSPS) is 19.1. The molecule has 1 aromatic heterocycles. The summed E-state index contributed by atoms with van der Waals surface area (Å²) in [6.45, 7) is 0. The number of anilines is 2. The summed E-state index contributed by atoms with van der Waals surface area (Å²) in [4.78, 5) is 14.2. The minimum Gasteiger partial charge on any atom is -0.382 e. The highest BCUT2D eigenvalue weighted by Crippen LogP contribution is 2.37. The number of nitrogens with one attached hydrogen (secondary N) is 1. The number of amides is 1. The Morgan fingerprint density at radius 2 is 2.18 bits per heavy atom. The smallest absolute Gasteiger partial charge is 0.258 e. The molecule has 1 aromatic rings. The third-order valence-electron chi connectivity index (χ3n) is 3.26. The lowest BCUT2D eigenvalue weighted by Crippen LogP contribution is -2.28. The first-order valence-electron chi connectivity index (χ1n) is 5.95. The van der Waals surface area contributed by atoms with E-state index in [0.717, 1.165) is 17.8 Å². The second kappa shape index (κ2) is 3.87. The van der Waals surface area contributed by atoms with Crippen LogP contribution in [-0.4, -0.2) is 29.4 Å². The number of hydrogen-bond acceptors (Lipinski definition) is 5. The van der Waals surface area contributed by atoms with Gasteiger partial charge in [-0.05, 0) is 37.2 Å². The van der Waals surface area contributed by atoms with Gasteiger partial charge in [0.2, 0.25) is 0 Å². The number of nitrogens with zero attached hydrogens (tertiary/aromatic N) is 2. The molecule has 0 unspecified atom stereocenters. The molecule has 3 rings (SSSR count). The molecule has 1 amide bonds. The van der Waals surface area contributed by atoms with E-state index in [-0.39, 0.29) is 5.91 Å². The SMILES string of the molecule is CN(c1snc(N)c1C(=O)NC1CC1)C1CC1. The zero-order chi connectivity index (χ0) is 12.0. The standard InChI is InChI=1S/C11H16N4OS/c1-15(7-4-5-7)11-8(9(12)14-17-11)10(16)13-6-2-3-6/h6-7H,2-5H2,1H3,(H2,12,14)(H,13,16). The number of rotatable bonds is 4. The van der Waals surface area contributed by atoms with Crippen molar-refractivity contribution in [2.45, 2.75) is 37.8 Å². The minimum absolute atomic E-state index is 0.0683. The predicted molar refractivity (Wildman–Crippen MR) is 68.4 cm³/mol. The van der Waals surface area contributed by atoms with E-state index in [2.05, 4.69) is 14.6 Å². The maximum Gasteiger partial charge on any atom is 0.258 e. The third kappa shape index (κ3) is 2.09. The first kappa shape index (κ1) is 10.8. The lowest BCUT2D eigenvalue weighted by atomic mass is 10.2. The van der Waals surface area contributed by atoms with Gasteiger partial charge in [0, 0.05) is 19.1 Å². The van der Waals surface area contributed by atoms with Gasteiger partial charge in [-0.25, -0.2) is 0 Å². The monoisotopic (exact) mass is 252 g/mol. The highest BCUT2D eigenvalue weighted by Gasteiger charge is 2.33. The number of aromatic nitrogens is 1. The number of nitrogens with two attached hydrogens (primary N) is 1. The van der Waals surface area contributed by atoms with Gasteiger partial charge >= 0.3 is 0 Å². The molecule has 0 aliphatic heterocycles. The van der Waals surface area contributed by atoms with Crippen molar-refractivity contribution < 1.29 is 4.79 Å². The Morgan fingerprint density at radius 1 is 1.47 bits per heavy atom. The topological polar surface area (TPSA) is 71.2 Å². The summed E-state index contributed by atoms with van der Waals surface area (Å²) in [6.07, 6.45) is 4.55. The van der Waals surface area contributed by atoms with Crippen LogP contribution >= 0.6 is 11.5 Å². The van der Waals surface area contributed by atoms with E-state index in [1.165, 1.54) is 24.4 Å². The van der Waals surface area contributed by atoms with Crippen LogP contribution in [0.15, 0.2) is 0 Å². The van der Waals surface area contributed by atoms with Gasteiger partial charge in [-0.3, -0.25) is 4.79 Å². The Morgan fingerprint density at radius 3 is 2.76 bits per heavy atom. The fourth-order valence-electron chi connectivity index (χ4n) is 1.86. The van der Waals surface area contributed by atoms with Crippen molar-refractivity contribution in [2.24, 2.45) is 0 Å². The Balaban J connectivity index is 1.84. The van der Waals surface area contributed by atoms with Crippen LogP contribution in [0.4, 0.5) is 10.8 Å². The van der Waals surface area contributed by atoms with Gasteiger partial charge in [-0.2, -0.15) is 4.37 Å². The third-order valence-corrected chi connectivity index (χ3v) is 4.21. The molecular formula is C11H16N4OS. The molecule has 0 atom stereocenters. The van der Waals surface area contributed by atoms with Gasteiger partial charge in [0.1, 0.15) is 10.6 Å². The summed E-state index contributed by atoms with van der Waals surface area (Å²) in [7, 11) is 2.01. The molecule has 92 valence electrons. The first-order chi connectivity index (χ1) is 8.16. The number of hydrogen-bond donors (Lipinski definition) is 2. The fraction of sp³-hybridized carbons (Fsp3) is 0.636. The molecule has 0 aromatic carbocycles. The molecule has 5 nitrogen and oxygen atoms in total. The van der Waals surface area contributed by atoms with Gasteiger partial charge in [0.25, 0.3) is 5.91 Å².